The Morgan fingerprint density at radius 2 is 1.71 bits per heavy atom. The number of nitrogens with one attached hydrogen (secondary N) is 2. The van der Waals surface area contributed by atoms with Gasteiger partial charge in [0.1, 0.15) is 6.10 Å². The van der Waals surface area contributed by atoms with Crippen molar-refractivity contribution in [2.45, 2.75) is 24.3 Å². The second kappa shape index (κ2) is 10.8. The van der Waals surface area contributed by atoms with Crippen molar-refractivity contribution >= 4 is 56.2 Å². The number of ether oxygens (including phenoxy) is 1. The highest BCUT2D eigenvalue weighted by atomic mass is 35.5. The number of hydrogen-bond donors (Lipinski definition) is 2. The van der Waals surface area contributed by atoms with E-state index in [0.29, 0.717) is 18.7 Å². The monoisotopic (exact) mass is 484 g/mol. The molecule has 2 rings (SSSR count). The van der Waals surface area contributed by atoms with Crippen molar-refractivity contribution in [1.29, 1.82) is 0 Å². The molecule has 1 atom stereocenters. The molecule has 0 bridgehead atoms. The number of halogens is 2. The lowest BCUT2D eigenvalue weighted by molar-refractivity contribution is -0.126. The minimum Gasteiger partial charge on any atom is -0.368 e. The summed E-state index contributed by atoms with van der Waals surface area (Å²) in [5.74, 6) is -0.899. The van der Waals surface area contributed by atoms with Crippen LogP contribution in [0.5, 0.6) is 0 Å². The van der Waals surface area contributed by atoms with Crippen LogP contribution in [-0.2, 0) is 19.4 Å². The van der Waals surface area contributed by atoms with Gasteiger partial charge in [-0.05, 0) is 49.7 Å². The fraction of sp³-hybridized carbons (Fsp3) is 0.238. The molecular formula is C21H22Cl2N2O5S. The number of benzene rings is 2. The molecule has 0 aromatic heterocycles. The van der Waals surface area contributed by atoms with E-state index < -0.39 is 21.8 Å². The second-order valence-corrected chi connectivity index (χ2v) is 9.48. The van der Waals surface area contributed by atoms with Gasteiger partial charge in [-0.15, -0.1) is 6.58 Å². The molecule has 2 N–H and O–H groups in total. The molecule has 166 valence electrons. The molecule has 0 aliphatic carbocycles. The summed E-state index contributed by atoms with van der Waals surface area (Å²) in [6, 6.07) is 8.34. The Labute approximate surface area is 191 Å². The van der Waals surface area contributed by atoms with Gasteiger partial charge in [-0.25, -0.2) is 8.42 Å². The number of hydrogen-bond acceptors (Lipinski definition) is 5. The maximum atomic E-state index is 12.5. The fourth-order valence-corrected chi connectivity index (χ4v) is 3.66. The number of carbonyl (C=O) groups is 2. The second-order valence-electron chi connectivity index (χ2n) is 6.65. The standard InChI is InChI=1S/C21H22Cl2N2O5S/c1-4-5-10-30-13(2)20(26)24-15-11-17(22)19(18(23)12-15)25-21(27)14-6-8-16(9-7-14)31(3,28)29/h4,6-9,11-13H,1,5,10H2,2-3H3,(H,24,26)(H,25,27). The zero-order valence-electron chi connectivity index (χ0n) is 16.9. The van der Waals surface area contributed by atoms with Gasteiger partial charge in [0.2, 0.25) is 0 Å². The van der Waals surface area contributed by atoms with Crippen LogP contribution >= 0.6 is 23.2 Å². The summed E-state index contributed by atoms with van der Waals surface area (Å²) in [6.07, 6.45) is 2.71. The highest BCUT2D eigenvalue weighted by molar-refractivity contribution is 7.90. The lowest BCUT2D eigenvalue weighted by atomic mass is 10.2. The van der Waals surface area contributed by atoms with Gasteiger partial charge >= 0.3 is 0 Å². The fourth-order valence-electron chi connectivity index (χ4n) is 2.45. The average molecular weight is 485 g/mol. The molecule has 2 aromatic rings. The lowest BCUT2D eigenvalue weighted by Gasteiger charge is -2.15. The third-order valence-corrected chi connectivity index (χ3v) is 5.88. The van der Waals surface area contributed by atoms with E-state index in [1.165, 1.54) is 36.4 Å². The highest BCUT2D eigenvalue weighted by Crippen LogP contribution is 2.34. The first-order valence-corrected chi connectivity index (χ1v) is 11.8. The molecule has 7 nitrogen and oxygen atoms in total. The van der Waals surface area contributed by atoms with E-state index in [1.54, 1.807) is 13.0 Å². The molecule has 0 heterocycles. The van der Waals surface area contributed by atoms with Crippen molar-refractivity contribution in [3.8, 4) is 0 Å². The molecule has 0 fully saturated rings. The van der Waals surface area contributed by atoms with E-state index in [2.05, 4.69) is 17.2 Å². The third kappa shape index (κ3) is 7.07. The van der Waals surface area contributed by atoms with Crippen LogP contribution in [0.15, 0.2) is 53.9 Å². The van der Waals surface area contributed by atoms with Gasteiger partial charge in [-0.1, -0.05) is 29.3 Å². The topological polar surface area (TPSA) is 102 Å². The van der Waals surface area contributed by atoms with Crippen LogP contribution in [0, 0.1) is 0 Å². The van der Waals surface area contributed by atoms with Crippen LogP contribution in [0.25, 0.3) is 0 Å². The molecule has 1 unspecified atom stereocenters. The first kappa shape index (κ1) is 24.9. The zero-order chi connectivity index (χ0) is 23.2. The summed E-state index contributed by atoms with van der Waals surface area (Å²) in [7, 11) is -3.37. The largest absolute Gasteiger partial charge is 0.368 e. The van der Waals surface area contributed by atoms with Crippen molar-refractivity contribution in [1.82, 2.24) is 0 Å². The molecule has 0 saturated heterocycles. The van der Waals surface area contributed by atoms with Crippen molar-refractivity contribution in [2.75, 3.05) is 23.5 Å². The summed E-state index contributed by atoms with van der Waals surface area (Å²) in [5.41, 5.74) is 0.728. The highest BCUT2D eigenvalue weighted by Gasteiger charge is 2.17. The van der Waals surface area contributed by atoms with Gasteiger partial charge in [0, 0.05) is 17.5 Å². The summed E-state index contributed by atoms with van der Waals surface area (Å²) in [5, 5.41) is 5.48. The lowest BCUT2D eigenvalue weighted by Crippen LogP contribution is -2.28. The number of amides is 2. The van der Waals surface area contributed by atoms with Crippen molar-refractivity contribution in [3.63, 3.8) is 0 Å². The van der Waals surface area contributed by atoms with Crippen LogP contribution in [0.1, 0.15) is 23.7 Å². The first-order chi connectivity index (χ1) is 14.5. The van der Waals surface area contributed by atoms with Crippen LogP contribution in [-0.4, -0.2) is 39.2 Å². The van der Waals surface area contributed by atoms with Crippen molar-refractivity contribution in [3.05, 3.63) is 64.7 Å². The molecule has 31 heavy (non-hydrogen) atoms. The van der Waals surface area contributed by atoms with Gasteiger partial charge in [0.15, 0.2) is 9.84 Å². The molecule has 0 saturated carbocycles. The number of rotatable bonds is 9. The Morgan fingerprint density at radius 1 is 1.13 bits per heavy atom. The maximum absolute atomic E-state index is 12.5. The summed E-state index contributed by atoms with van der Waals surface area (Å²) in [6.45, 7) is 5.57. The molecular weight excluding hydrogens is 463 g/mol. The SMILES string of the molecule is C=CCCOC(C)C(=O)Nc1cc(Cl)c(NC(=O)c2ccc(S(C)(=O)=O)cc2)c(Cl)c1. The minimum absolute atomic E-state index is 0.0999. The Morgan fingerprint density at radius 3 is 2.23 bits per heavy atom. The van der Waals surface area contributed by atoms with Crippen LogP contribution in [0.2, 0.25) is 10.0 Å². The Bertz CT molecular complexity index is 1060. The number of carbonyl (C=O) groups excluding carboxylic acids is 2. The number of sulfone groups is 1. The normalized spacial score (nSPS) is 12.1. The van der Waals surface area contributed by atoms with Gasteiger partial charge in [0.05, 0.1) is 27.2 Å². The van der Waals surface area contributed by atoms with Gasteiger partial charge < -0.3 is 15.4 Å². The molecule has 0 spiro atoms. The van der Waals surface area contributed by atoms with Crippen molar-refractivity contribution < 1.29 is 22.7 Å². The van der Waals surface area contributed by atoms with E-state index in [1.807, 2.05) is 0 Å². The predicted octanol–water partition coefficient (Wildman–Crippen LogP) is 4.57. The third-order valence-electron chi connectivity index (χ3n) is 4.15. The van der Waals surface area contributed by atoms with Crippen LogP contribution < -0.4 is 10.6 Å². The zero-order valence-corrected chi connectivity index (χ0v) is 19.3. The van der Waals surface area contributed by atoms with Gasteiger partial charge in [-0.3, -0.25) is 9.59 Å². The maximum Gasteiger partial charge on any atom is 0.255 e. The smallest absolute Gasteiger partial charge is 0.255 e. The van der Waals surface area contributed by atoms with E-state index in [0.717, 1.165) is 6.26 Å². The van der Waals surface area contributed by atoms with Crippen LogP contribution in [0.4, 0.5) is 11.4 Å². The summed E-state index contributed by atoms with van der Waals surface area (Å²) < 4.78 is 28.5. The molecule has 0 radical (unpaired) electrons. The molecule has 0 aliphatic rings. The Balaban J connectivity index is 2.10. The first-order valence-electron chi connectivity index (χ1n) is 9.16. The minimum atomic E-state index is -3.37. The van der Waals surface area contributed by atoms with Gasteiger partial charge in [0.25, 0.3) is 11.8 Å². The molecule has 10 heteroatoms. The molecule has 2 aromatic carbocycles. The number of anilines is 2. The van der Waals surface area contributed by atoms with Crippen LogP contribution in [0.3, 0.4) is 0 Å². The van der Waals surface area contributed by atoms with E-state index in [-0.39, 0.29) is 32.1 Å². The predicted molar refractivity (Wildman–Crippen MR) is 123 cm³/mol. The summed E-state index contributed by atoms with van der Waals surface area (Å²) in [4.78, 5) is 24.8. The molecule has 0 aliphatic heterocycles. The van der Waals surface area contributed by atoms with E-state index in [4.69, 9.17) is 27.9 Å². The van der Waals surface area contributed by atoms with E-state index in [9.17, 15) is 18.0 Å². The van der Waals surface area contributed by atoms with Crippen molar-refractivity contribution in [2.24, 2.45) is 0 Å². The van der Waals surface area contributed by atoms with E-state index >= 15 is 0 Å². The van der Waals surface area contributed by atoms with Gasteiger partial charge in [-0.2, -0.15) is 0 Å². The quantitative estimate of drug-likeness (QED) is 0.400. The summed E-state index contributed by atoms with van der Waals surface area (Å²) >= 11 is 12.5. The Hall–Kier alpha value is -2.39. The Kier molecular flexibility index (Phi) is 8.64. The molecule has 2 amide bonds. The average Bonchev–Trinajstić information content (AvgIpc) is 2.70.